The molecule has 5 heteroatoms. The monoisotopic (exact) mass is 383 g/mol. The van der Waals surface area contributed by atoms with Crippen molar-refractivity contribution in [3.63, 3.8) is 0 Å². The van der Waals surface area contributed by atoms with Crippen molar-refractivity contribution in [2.45, 2.75) is 45.1 Å². The number of hydrogen-bond acceptors (Lipinski definition) is 2. The molecule has 2 aromatic rings. The Balaban J connectivity index is 1.76. The van der Waals surface area contributed by atoms with Crippen LogP contribution in [0.5, 0.6) is 0 Å². The molecule has 1 saturated carbocycles. The number of halogens is 1. The predicted octanol–water partition coefficient (Wildman–Crippen LogP) is 5.89. The predicted molar refractivity (Wildman–Crippen MR) is 115 cm³/mol. The zero-order valence-corrected chi connectivity index (χ0v) is 16.6. The van der Waals surface area contributed by atoms with E-state index in [9.17, 15) is 0 Å². The van der Waals surface area contributed by atoms with Crippen LogP contribution in [0, 0.1) is 13.8 Å². The Bertz CT molecular complexity index is 880. The fourth-order valence-corrected chi connectivity index (χ4v) is 4.76. The molecule has 134 valence electrons. The van der Waals surface area contributed by atoms with E-state index in [1.165, 1.54) is 24.0 Å². The van der Waals surface area contributed by atoms with Crippen LogP contribution in [0.2, 0.25) is 5.02 Å². The van der Waals surface area contributed by atoms with Gasteiger partial charge < -0.3 is 10.2 Å². The van der Waals surface area contributed by atoms with Gasteiger partial charge in [0, 0.05) is 16.4 Å². The lowest BCUT2D eigenvalue weighted by molar-refractivity contribution is 0.595. The highest BCUT2D eigenvalue weighted by atomic mass is 35.5. The number of benzene rings is 2. The van der Waals surface area contributed by atoms with E-state index in [1.54, 1.807) is 0 Å². The van der Waals surface area contributed by atoms with Gasteiger partial charge in [-0.15, -0.1) is 0 Å². The quantitative estimate of drug-likeness (QED) is 0.655. The number of aliphatic imine (C=N–C) groups is 1. The summed E-state index contributed by atoms with van der Waals surface area (Å²) >= 11 is 11.9. The summed E-state index contributed by atoms with van der Waals surface area (Å²) in [6, 6.07) is 14.2. The van der Waals surface area contributed by atoms with Crippen LogP contribution >= 0.6 is 23.8 Å². The maximum atomic E-state index is 6.25. The molecule has 2 aromatic carbocycles. The molecule has 26 heavy (non-hydrogen) atoms. The van der Waals surface area contributed by atoms with E-state index in [0.29, 0.717) is 5.11 Å². The molecule has 0 radical (unpaired) electrons. The number of hydrogen-bond donors (Lipinski definition) is 1. The van der Waals surface area contributed by atoms with Crippen LogP contribution in [0.15, 0.2) is 47.5 Å². The molecule has 1 fully saturated rings. The first-order valence-corrected chi connectivity index (χ1v) is 9.82. The SMILES string of the molecule is Cc1cccc(C)c1NC1=NC(=S)N(c2cccc(Cl)c2)C12CCCC2. The summed E-state index contributed by atoms with van der Waals surface area (Å²) < 4.78 is 0. The molecule has 0 saturated heterocycles. The molecular formula is C21H22ClN3S. The third kappa shape index (κ3) is 2.81. The topological polar surface area (TPSA) is 27.6 Å². The summed E-state index contributed by atoms with van der Waals surface area (Å²) in [5.74, 6) is 0.970. The Labute approximate surface area is 165 Å². The molecule has 0 bridgehead atoms. The maximum absolute atomic E-state index is 6.25. The van der Waals surface area contributed by atoms with Crippen molar-refractivity contribution < 1.29 is 0 Å². The van der Waals surface area contributed by atoms with Gasteiger partial charge in [0.25, 0.3) is 0 Å². The molecular weight excluding hydrogens is 362 g/mol. The summed E-state index contributed by atoms with van der Waals surface area (Å²) in [6.07, 6.45) is 4.42. The molecule has 1 N–H and O–H groups in total. The van der Waals surface area contributed by atoms with Gasteiger partial charge in [-0.3, -0.25) is 0 Å². The van der Waals surface area contributed by atoms with Gasteiger partial charge in [0.05, 0.1) is 0 Å². The molecule has 1 spiro atoms. The average Bonchev–Trinajstić information content (AvgIpc) is 3.17. The van der Waals surface area contributed by atoms with Crippen molar-refractivity contribution >= 4 is 46.1 Å². The number of amidine groups is 1. The number of para-hydroxylation sites is 1. The van der Waals surface area contributed by atoms with E-state index in [1.807, 2.05) is 18.2 Å². The Kier molecular flexibility index (Phi) is 4.49. The summed E-state index contributed by atoms with van der Waals surface area (Å²) in [7, 11) is 0. The molecule has 0 amide bonds. The average molecular weight is 384 g/mol. The van der Waals surface area contributed by atoms with Crippen LogP contribution in [0.4, 0.5) is 11.4 Å². The first kappa shape index (κ1) is 17.5. The molecule has 1 aliphatic heterocycles. The normalized spacial score (nSPS) is 18.5. The number of anilines is 2. The van der Waals surface area contributed by atoms with E-state index >= 15 is 0 Å². The lowest BCUT2D eigenvalue weighted by Crippen LogP contribution is -2.52. The van der Waals surface area contributed by atoms with Gasteiger partial charge >= 0.3 is 0 Å². The van der Waals surface area contributed by atoms with Gasteiger partial charge in [-0.1, -0.05) is 48.7 Å². The fraction of sp³-hybridized carbons (Fsp3) is 0.333. The second kappa shape index (κ2) is 6.67. The van der Waals surface area contributed by atoms with Crippen molar-refractivity contribution in [2.75, 3.05) is 10.2 Å². The Morgan fingerprint density at radius 1 is 1.08 bits per heavy atom. The molecule has 2 aliphatic rings. The minimum absolute atomic E-state index is 0.198. The van der Waals surface area contributed by atoms with Crippen LogP contribution in [0.3, 0.4) is 0 Å². The molecule has 1 aliphatic carbocycles. The van der Waals surface area contributed by atoms with Gasteiger partial charge in [-0.2, -0.15) is 0 Å². The molecule has 0 unspecified atom stereocenters. The number of thiocarbonyl (C=S) groups is 1. The third-order valence-electron chi connectivity index (χ3n) is 5.49. The van der Waals surface area contributed by atoms with Crippen molar-refractivity contribution in [3.8, 4) is 0 Å². The smallest absolute Gasteiger partial charge is 0.202 e. The van der Waals surface area contributed by atoms with E-state index < -0.39 is 0 Å². The van der Waals surface area contributed by atoms with Crippen molar-refractivity contribution in [3.05, 3.63) is 58.6 Å². The number of aryl methyl sites for hydroxylation is 2. The first-order valence-electron chi connectivity index (χ1n) is 9.03. The van der Waals surface area contributed by atoms with Crippen LogP contribution < -0.4 is 10.2 Å². The van der Waals surface area contributed by atoms with Crippen molar-refractivity contribution in [1.82, 2.24) is 0 Å². The Hall–Kier alpha value is -1.91. The van der Waals surface area contributed by atoms with E-state index in [4.69, 9.17) is 28.8 Å². The number of rotatable bonds is 2. The second-order valence-electron chi connectivity index (χ2n) is 7.19. The summed E-state index contributed by atoms with van der Waals surface area (Å²) in [6.45, 7) is 4.25. The molecule has 4 rings (SSSR count). The Morgan fingerprint density at radius 3 is 2.38 bits per heavy atom. The van der Waals surface area contributed by atoms with Gasteiger partial charge in [-0.05, 0) is 68.2 Å². The van der Waals surface area contributed by atoms with Gasteiger partial charge in [-0.25, -0.2) is 4.99 Å². The highest BCUT2D eigenvalue weighted by molar-refractivity contribution is 7.80. The number of nitrogens with zero attached hydrogens (tertiary/aromatic N) is 2. The lowest BCUT2D eigenvalue weighted by atomic mass is 9.93. The van der Waals surface area contributed by atoms with E-state index in [2.05, 4.69) is 48.3 Å². The van der Waals surface area contributed by atoms with E-state index in [0.717, 1.165) is 35.1 Å². The first-order chi connectivity index (χ1) is 12.5. The zero-order valence-electron chi connectivity index (χ0n) is 15.1. The van der Waals surface area contributed by atoms with Gasteiger partial charge in [0.1, 0.15) is 11.4 Å². The van der Waals surface area contributed by atoms with E-state index in [-0.39, 0.29) is 5.54 Å². The Morgan fingerprint density at radius 2 is 1.73 bits per heavy atom. The molecule has 1 heterocycles. The van der Waals surface area contributed by atoms with Crippen LogP contribution in [-0.2, 0) is 0 Å². The maximum Gasteiger partial charge on any atom is 0.202 e. The van der Waals surface area contributed by atoms with Crippen LogP contribution in [-0.4, -0.2) is 16.5 Å². The lowest BCUT2D eigenvalue weighted by Gasteiger charge is -2.37. The fourth-order valence-electron chi connectivity index (χ4n) is 4.21. The molecule has 3 nitrogen and oxygen atoms in total. The zero-order chi connectivity index (χ0) is 18.3. The highest BCUT2D eigenvalue weighted by Crippen LogP contribution is 2.44. The molecule has 0 atom stereocenters. The molecule has 0 aromatic heterocycles. The third-order valence-corrected chi connectivity index (χ3v) is 6.00. The largest absolute Gasteiger partial charge is 0.341 e. The van der Waals surface area contributed by atoms with Gasteiger partial charge in [0.15, 0.2) is 0 Å². The van der Waals surface area contributed by atoms with Crippen LogP contribution in [0.1, 0.15) is 36.8 Å². The second-order valence-corrected chi connectivity index (χ2v) is 7.99. The van der Waals surface area contributed by atoms with Crippen molar-refractivity contribution in [2.24, 2.45) is 4.99 Å². The minimum atomic E-state index is -0.198. The standard InChI is InChI=1S/C21H22ClN3S/c1-14-7-5-8-15(2)18(14)23-19-21(11-3-4-12-21)25(20(26)24-19)17-10-6-9-16(22)13-17/h5-10,13H,3-4,11-12H2,1-2H3,(H,23,24,26). The minimum Gasteiger partial charge on any atom is -0.341 e. The number of nitrogens with one attached hydrogen (secondary N) is 1. The van der Waals surface area contributed by atoms with Gasteiger partial charge in [0.2, 0.25) is 5.11 Å². The summed E-state index contributed by atoms with van der Waals surface area (Å²) in [5.41, 5.74) is 4.39. The summed E-state index contributed by atoms with van der Waals surface area (Å²) in [4.78, 5) is 7.01. The van der Waals surface area contributed by atoms with Crippen LogP contribution in [0.25, 0.3) is 0 Å². The highest BCUT2D eigenvalue weighted by Gasteiger charge is 2.50. The summed E-state index contributed by atoms with van der Waals surface area (Å²) in [5, 5.41) is 4.97. The van der Waals surface area contributed by atoms with Crippen molar-refractivity contribution in [1.29, 1.82) is 0 Å².